The lowest BCUT2D eigenvalue weighted by Crippen LogP contribution is -2.51. The van der Waals surface area contributed by atoms with Crippen LogP contribution in [-0.2, 0) is 41.7 Å². The summed E-state index contributed by atoms with van der Waals surface area (Å²) in [5.41, 5.74) is 3.84. The molecule has 50 heavy (non-hydrogen) atoms. The van der Waals surface area contributed by atoms with Crippen molar-refractivity contribution in [2.24, 2.45) is 5.92 Å². The van der Waals surface area contributed by atoms with Crippen molar-refractivity contribution in [3.8, 4) is 0 Å². The Labute approximate surface area is 293 Å². The molecule has 0 unspecified atom stereocenters. The van der Waals surface area contributed by atoms with Crippen molar-refractivity contribution in [2.45, 2.75) is 58.3 Å². The number of piperazine rings is 1. The normalized spacial score (nSPS) is 14.7. The van der Waals surface area contributed by atoms with Crippen molar-refractivity contribution in [1.82, 2.24) is 20.1 Å². The summed E-state index contributed by atoms with van der Waals surface area (Å²) in [7, 11) is 0. The van der Waals surface area contributed by atoms with E-state index in [0.29, 0.717) is 38.3 Å². The number of carbonyl (C=O) groups is 2. The smallest absolute Gasteiger partial charge is 0.348 e. The van der Waals surface area contributed by atoms with Crippen LogP contribution >= 0.6 is 0 Å². The van der Waals surface area contributed by atoms with E-state index in [-0.39, 0.29) is 24.4 Å². The fourth-order valence-corrected chi connectivity index (χ4v) is 6.21. The monoisotopic (exact) mass is 682 g/mol. The van der Waals surface area contributed by atoms with Crippen LogP contribution in [-0.4, -0.2) is 52.8 Å². The molecule has 4 aromatic rings. The van der Waals surface area contributed by atoms with Crippen molar-refractivity contribution in [3.05, 3.63) is 142 Å². The Morgan fingerprint density at radius 1 is 0.820 bits per heavy atom. The lowest BCUT2D eigenvalue weighted by atomic mass is 9.88. The van der Waals surface area contributed by atoms with E-state index in [0.717, 1.165) is 48.2 Å². The molecular weight excluding hydrogens is 637 g/mol. The van der Waals surface area contributed by atoms with Gasteiger partial charge in [0.2, 0.25) is 11.8 Å². The first-order valence-electron chi connectivity index (χ1n) is 17.4. The van der Waals surface area contributed by atoms with Crippen molar-refractivity contribution < 1.29 is 22.8 Å². The van der Waals surface area contributed by atoms with Crippen molar-refractivity contribution in [3.63, 3.8) is 0 Å². The second kappa shape index (κ2) is 17.8. The molecule has 0 aliphatic carbocycles. The lowest BCUT2D eigenvalue weighted by Gasteiger charge is -2.36. The topological polar surface area (TPSA) is 65.5 Å². The number of carbonyl (C=O) groups excluding carboxylic acids is 2. The average molecular weight is 683 g/mol. The van der Waals surface area contributed by atoms with Gasteiger partial charge < -0.3 is 10.2 Å². The molecule has 262 valence electrons. The van der Waals surface area contributed by atoms with E-state index in [1.165, 1.54) is 24.1 Å². The zero-order valence-corrected chi connectivity index (χ0v) is 28.5. The molecule has 0 radical (unpaired) electrons. The number of aromatic nitrogens is 1. The lowest BCUT2D eigenvalue weighted by molar-refractivity contribution is -0.138. The van der Waals surface area contributed by atoms with Gasteiger partial charge in [0.25, 0.3) is 0 Å². The minimum absolute atomic E-state index is 0.184. The number of alkyl halides is 3. The number of unbranched alkanes of at least 4 members (excludes halogenated alkanes) is 2. The van der Waals surface area contributed by atoms with Gasteiger partial charge in [0, 0.05) is 51.0 Å². The minimum atomic E-state index is -4.49. The van der Waals surface area contributed by atoms with Crippen LogP contribution in [0.4, 0.5) is 13.2 Å². The molecule has 9 heteroatoms. The highest BCUT2D eigenvalue weighted by atomic mass is 19.4. The van der Waals surface area contributed by atoms with E-state index in [1.807, 2.05) is 60.7 Å². The third-order valence-corrected chi connectivity index (χ3v) is 9.12. The number of benzene rings is 3. The van der Waals surface area contributed by atoms with Gasteiger partial charge in [0.05, 0.1) is 17.2 Å². The van der Waals surface area contributed by atoms with E-state index in [2.05, 4.69) is 34.3 Å². The van der Waals surface area contributed by atoms with E-state index >= 15 is 0 Å². The number of hydrogen-bond acceptors (Lipinski definition) is 4. The quantitative estimate of drug-likeness (QED) is 0.109. The van der Waals surface area contributed by atoms with Crippen LogP contribution in [0.5, 0.6) is 0 Å². The zero-order chi connectivity index (χ0) is 35.3. The summed E-state index contributed by atoms with van der Waals surface area (Å²) >= 11 is 0. The first kappa shape index (κ1) is 36.5. The second-order valence-electron chi connectivity index (χ2n) is 12.8. The summed E-state index contributed by atoms with van der Waals surface area (Å²) < 4.78 is 40.1. The molecule has 1 aliphatic rings. The van der Waals surface area contributed by atoms with Crippen LogP contribution in [0, 0.1) is 5.92 Å². The molecular formula is C41H45F3N4O2. The highest BCUT2D eigenvalue weighted by molar-refractivity contribution is 6.04. The average Bonchev–Trinajstić information content (AvgIpc) is 3.13. The maximum Gasteiger partial charge on any atom is 0.416 e. The van der Waals surface area contributed by atoms with Crippen LogP contribution < -0.4 is 5.32 Å². The fourth-order valence-electron chi connectivity index (χ4n) is 6.21. The van der Waals surface area contributed by atoms with Gasteiger partial charge in [-0.1, -0.05) is 92.6 Å². The summed E-state index contributed by atoms with van der Waals surface area (Å²) in [5.74, 6) is -1.47. The number of nitrogens with zero attached hydrogens (tertiary/aromatic N) is 3. The summed E-state index contributed by atoms with van der Waals surface area (Å²) in [5, 5.41) is 3.01. The molecule has 1 aliphatic heterocycles. The van der Waals surface area contributed by atoms with E-state index in [9.17, 15) is 22.8 Å². The first-order chi connectivity index (χ1) is 24.2. The van der Waals surface area contributed by atoms with E-state index < -0.39 is 23.6 Å². The third-order valence-electron chi connectivity index (χ3n) is 9.12. The Morgan fingerprint density at radius 2 is 1.50 bits per heavy atom. The SMILES string of the molecule is CCCCCc1ccc(CNC(=O)C(=Cc2ccc(C(F)(F)F)cc2)[C@H](Cc2ccccc2)C(=O)N2CCN(Cc3ccccn3)CC2)cc1. The number of halogens is 3. The van der Waals surface area contributed by atoms with Gasteiger partial charge in [-0.2, -0.15) is 13.2 Å². The van der Waals surface area contributed by atoms with Crippen LogP contribution in [0.3, 0.4) is 0 Å². The summed E-state index contributed by atoms with van der Waals surface area (Å²) in [4.78, 5) is 37.0. The highest BCUT2D eigenvalue weighted by Gasteiger charge is 2.34. The van der Waals surface area contributed by atoms with Crippen LogP contribution in [0.1, 0.15) is 59.7 Å². The van der Waals surface area contributed by atoms with Crippen molar-refractivity contribution >= 4 is 17.9 Å². The van der Waals surface area contributed by atoms with E-state index in [1.54, 1.807) is 17.2 Å². The molecule has 2 amide bonds. The van der Waals surface area contributed by atoms with Gasteiger partial charge in [-0.25, -0.2) is 0 Å². The summed E-state index contributed by atoms with van der Waals surface area (Å²) in [6.45, 7) is 5.37. The van der Waals surface area contributed by atoms with Crippen molar-refractivity contribution in [1.29, 1.82) is 0 Å². The molecule has 2 heterocycles. The van der Waals surface area contributed by atoms with E-state index in [4.69, 9.17) is 0 Å². The van der Waals surface area contributed by atoms with Gasteiger partial charge in [0.15, 0.2) is 0 Å². The molecule has 1 fully saturated rings. The predicted octanol–water partition coefficient (Wildman–Crippen LogP) is 7.74. The first-order valence-corrected chi connectivity index (χ1v) is 17.4. The Bertz CT molecular complexity index is 1680. The van der Waals surface area contributed by atoms with Gasteiger partial charge in [-0.05, 0) is 71.9 Å². The fraction of sp³-hybridized carbons (Fsp3) is 0.341. The molecule has 0 saturated carbocycles. The zero-order valence-electron chi connectivity index (χ0n) is 28.5. The van der Waals surface area contributed by atoms with Crippen LogP contribution in [0.2, 0.25) is 0 Å². The minimum Gasteiger partial charge on any atom is -0.348 e. The number of nitrogens with one attached hydrogen (secondary N) is 1. The van der Waals surface area contributed by atoms with Gasteiger partial charge in [0.1, 0.15) is 0 Å². The molecule has 1 aromatic heterocycles. The Balaban J connectivity index is 1.40. The maximum absolute atomic E-state index is 14.4. The van der Waals surface area contributed by atoms with Crippen molar-refractivity contribution in [2.75, 3.05) is 26.2 Å². The standard InChI is InChI=1S/C41H45F3N4O2/c1-2-3-5-10-31-14-16-34(17-15-31)29-46-39(49)37(27-33-18-20-35(21-19-33)41(42,43)44)38(28-32-11-6-4-7-12-32)40(50)48-25-23-47(24-26-48)30-36-13-8-9-22-45-36/h4,6-9,11-22,27,38H,2-3,5,10,23-26,28-30H2,1H3,(H,46,49)/t38-/m0/s1. The van der Waals surface area contributed by atoms with Gasteiger partial charge in [-0.15, -0.1) is 0 Å². The van der Waals surface area contributed by atoms with Gasteiger partial charge in [-0.3, -0.25) is 19.5 Å². The molecule has 1 atom stereocenters. The number of aryl methyl sites for hydroxylation is 1. The Morgan fingerprint density at radius 3 is 2.14 bits per heavy atom. The highest BCUT2D eigenvalue weighted by Crippen LogP contribution is 2.30. The largest absolute Gasteiger partial charge is 0.416 e. The molecule has 1 N–H and O–H groups in total. The Hall–Kier alpha value is -4.76. The molecule has 1 saturated heterocycles. The molecule has 3 aromatic carbocycles. The number of rotatable bonds is 14. The molecule has 5 rings (SSSR count). The number of hydrogen-bond donors (Lipinski definition) is 1. The third kappa shape index (κ3) is 10.6. The maximum atomic E-state index is 14.4. The van der Waals surface area contributed by atoms with Crippen LogP contribution in [0.15, 0.2) is 109 Å². The second-order valence-corrected chi connectivity index (χ2v) is 12.8. The summed E-state index contributed by atoms with van der Waals surface area (Å²) in [6, 6.07) is 28.1. The molecule has 6 nitrogen and oxygen atoms in total. The number of amides is 2. The Kier molecular flexibility index (Phi) is 13.0. The molecule has 0 bridgehead atoms. The summed E-state index contributed by atoms with van der Waals surface area (Å²) in [6.07, 6.45) is 3.57. The molecule has 0 spiro atoms. The van der Waals surface area contributed by atoms with Gasteiger partial charge >= 0.3 is 6.18 Å². The van der Waals surface area contributed by atoms with Crippen LogP contribution in [0.25, 0.3) is 6.08 Å². The number of pyridine rings is 1. The predicted molar refractivity (Wildman–Crippen MR) is 191 cm³/mol.